The number of hydrogen-bond donors (Lipinski definition) is 3. The smallest absolute Gasteiger partial charge is 0.340 e. The molecule has 1 atom stereocenters. The van der Waals surface area contributed by atoms with Crippen LogP contribution in [0.3, 0.4) is 0 Å². The highest BCUT2D eigenvalue weighted by atomic mass is 16.3. The molecule has 0 spiro atoms. The summed E-state index contributed by atoms with van der Waals surface area (Å²) in [7, 11) is 1.90. The molecule has 0 amide bonds. The minimum atomic E-state index is -0.516. The molecule has 2 aromatic heterocycles. The number of piperidine rings is 1. The Morgan fingerprint density at radius 1 is 1.48 bits per heavy atom. The first-order valence-electron chi connectivity index (χ1n) is 7.14. The van der Waals surface area contributed by atoms with Crippen molar-refractivity contribution in [1.29, 1.82) is 0 Å². The standard InChI is InChI=1S/C13H20N6O2/c1-18-7-4-14-12(18)11(20)9-2-5-19(6-3-9)8-10-15-13(21)17-16-10/h4,7,9,11,20H,2-3,5-6,8H2,1H3,(H2,15,16,17,21). The normalized spacial score (nSPS) is 19.0. The zero-order valence-corrected chi connectivity index (χ0v) is 12.0. The predicted molar refractivity (Wildman–Crippen MR) is 75.4 cm³/mol. The molecule has 1 fully saturated rings. The van der Waals surface area contributed by atoms with Crippen molar-refractivity contribution in [3.05, 3.63) is 34.5 Å². The molecule has 1 aliphatic rings. The maximum Gasteiger partial charge on any atom is 0.340 e. The number of likely N-dealkylation sites (tertiary alicyclic amines) is 1. The summed E-state index contributed by atoms with van der Waals surface area (Å²) in [4.78, 5) is 20.1. The van der Waals surface area contributed by atoms with E-state index in [0.717, 1.165) is 31.8 Å². The van der Waals surface area contributed by atoms with E-state index in [2.05, 4.69) is 25.1 Å². The molecule has 0 radical (unpaired) electrons. The number of aliphatic hydroxyl groups excluding tert-OH is 1. The second kappa shape index (κ2) is 5.82. The van der Waals surface area contributed by atoms with Gasteiger partial charge in [-0.2, -0.15) is 5.10 Å². The molecular weight excluding hydrogens is 272 g/mol. The molecule has 114 valence electrons. The summed E-state index contributed by atoms with van der Waals surface area (Å²) in [5.41, 5.74) is -0.273. The Balaban J connectivity index is 1.55. The fraction of sp³-hybridized carbons (Fsp3) is 0.615. The van der Waals surface area contributed by atoms with Gasteiger partial charge in [0.15, 0.2) is 0 Å². The minimum Gasteiger partial charge on any atom is -0.385 e. The summed E-state index contributed by atoms with van der Waals surface area (Å²) in [5, 5.41) is 16.7. The number of imidazole rings is 1. The van der Waals surface area contributed by atoms with E-state index in [9.17, 15) is 9.90 Å². The van der Waals surface area contributed by atoms with Gasteiger partial charge in [-0.25, -0.2) is 14.9 Å². The highest BCUT2D eigenvalue weighted by molar-refractivity contribution is 4.98. The molecule has 8 heteroatoms. The Hall–Kier alpha value is -1.93. The second-order valence-electron chi connectivity index (χ2n) is 5.58. The van der Waals surface area contributed by atoms with Crippen molar-refractivity contribution < 1.29 is 5.11 Å². The van der Waals surface area contributed by atoms with E-state index >= 15 is 0 Å². The minimum absolute atomic E-state index is 0.223. The number of nitrogens with one attached hydrogen (secondary N) is 2. The van der Waals surface area contributed by atoms with Crippen molar-refractivity contribution in [2.24, 2.45) is 13.0 Å². The van der Waals surface area contributed by atoms with Crippen molar-refractivity contribution in [2.75, 3.05) is 13.1 Å². The van der Waals surface area contributed by atoms with Crippen LogP contribution in [0.1, 0.15) is 30.6 Å². The summed E-state index contributed by atoms with van der Waals surface area (Å²) in [6.45, 7) is 2.38. The molecule has 3 rings (SSSR count). The van der Waals surface area contributed by atoms with Gasteiger partial charge in [-0.1, -0.05) is 0 Å². The molecule has 2 aromatic rings. The second-order valence-corrected chi connectivity index (χ2v) is 5.58. The predicted octanol–water partition coefficient (Wildman–Crippen LogP) is -0.223. The Kier molecular flexibility index (Phi) is 3.89. The topological polar surface area (TPSA) is 103 Å². The highest BCUT2D eigenvalue weighted by Crippen LogP contribution is 2.29. The van der Waals surface area contributed by atoms with Gasteiger partial charge in [0, 0.05) is 19.4 Å². The summed E-state index contributed by atoms with van der Waals surface area (Å²) < 4.78 is 1.87. The molecule has 1 aliphatic heterocycles. The number of H-pyrrole nitrogens is 2. The van der Waals surface area contributed by atoms with Crippen molar-refractivity contribution in [1.82, 2.24) is 29.6 Å². The molecule has 0 bridgehead atoms. The van der Waals surface area contributed by atoms with Crippen molar-refractivity contribution in [3.8, 4) is 0 Å². The van der Waals surface area contributed by atoms with Crippen LogP contribution in [-0.4, -0.2) is 47.8 Å². The first kappa shape index (κ1) is 14.0. The molecule has 3 N–H and O–H groups in total. The third-order valence-corrected chi connectivity index (χ3v) is 4.13. The largest absolute Gasteiger partial charge is 0.385 e. The Morgan fingerprint density at radius 3 is 2.81 bits per heavy atom. The van der Waals surface area contributed by atoms with E-state index in [1.807, 2.05) is 17.8 Å². The van der Waals surface area contributed by atoms with Crippen LogP contribution in [-0.2, 0) is 13.6 Å². The Bertz CT molecular complexity index is 637. The summed E-state index contributed by atoms with van der Waals surface area (Å²) in [5.74, 6) is 1.61. The monoisotopic (exact) mass is 292 g/mol. The first-order chi connectivity index (χ1) is 10.1. The number of nitrogens with zero attached hydrogens (tertiary/aromatic N) is 4. The van der Waals surface area contributed by atoms with Crippen LogP contribution < -0.4 is 5.69 Å². The van der Waals surface area contributed by atoms with E-state index in [1.165, 1.54) is 0 Å². The molecular formula is C13H20N6O2. The van der Waals surface area contributed by atoms with E-state index in [1.54, 1.807) is 6.20 Å². The molecule has 0 saturated carbocycles. The van der Waals surface area contributed by atoms with Gasteiger partial charge in [0.25, 0.3) is 0 Å². The average Bonchev–Trinajstić information content (AvgIpc) is 3.08. The van der Waals surface area contributed by atoms with Gasteiger partial charge >= 0.3 is 5.69 Å². The first-order valence-corrected chi connectivity index (χ1v) is 7.14. The lowest BCUT2D eigenvalue weighted by molar-refractivity contribution is 0.0486. The Morgan fingerprint density at radius 2 is 2.24 bits per heavy atom. The van der Waals surface area contributed by atoms with Gasteiger partial charge in [-0.05, 0) is 31.8 Å². The molecule has 0 aromatic carbocycles. The number of rotatable bonds is 4. The zero-order chi connectivity index (χ0) is 14.8. The fourth-order valence-electron chi connectivity index (χ4n) is 2.89. The van der Waals surface area contributed by atoms with E-state index in [-0.39, 0.29) is 11.6 Å². The number of aliphatic hydroxyl groups is 1. The van der Waals surface area contributed by atoms with E-state index < -0.39 is 6.10 Å². The third-order valence-electron chi connectivity index (χ3n) is 4.13. The number of hydrogen-bond acceptors (Lipinski definition) is 5. The summed E-state index contributed by atoms with van der Waals surface area (Å²) in [6.07, 6.45) is 4.85. The lowest BCUT2D eigenvalue weighted by Gasteiger charge is -2.33. The van der Waals surface area contributed by atoms with Crippen LogP contribution in [0.4, 0.5) is 0 Å². The van der Waals surface area contributed by atoms with Gasteiger partial charge in [-0.15, -0.1) is 0 Å². The van der Waals surface area contributed by atoms with Crippen LogP contribution in [0.15, 0.2) is 17.2 Å². The highest BCUT2D eigenvalue weighted by Gasteiger charge is 2.28. The average molecular weight is 292 g/mol. The molecule has 1 saturated heterocycles. The number of aryl methyl sites for hydroxylation is 1. The van der Waals surface area contributed by atoms with Crippen molar-refractivity contribution in [2.45, 2.75) is 25.5 Å². The van der Waals surface area contributed by atoms with Gasteiger partial charge in [-0.3, -0.25) is 9.88 Å². The van der Waals surface area contributed by atoms with Crippen LogP contribution in [0.25, 0.3) is 0 Å². The third kappa shape index (κ3) is 3.06. The van der Waals surface area contributed by atoms with Gasteiger partial charge < -0.3 is 9.67 Å². The maximum absolute atomic E-state index is 11.0. The quantitative estimate of drug-likeness (QED) is 0.723. The van der Waals surface area contributed by atoms with Gasteiger partial charge in [0.2, 0.25) is 0 Å². The summed E-state index contributed by atoms with van der Waals surface area (Å²) in [6, 6.07) is 0. The number of aromatic amines is 2. The molecule has 21 heavy (non-hydrogen) atoms. The van der Waals surface area contributed by atoms with E-state index in [4.69, 9.17) is 0 Å². The molecule has 1 unspecified atom stereocenters. The Labute approximate surface area is 121 Å². The van der Waals surface area contributed by atoms with Crippen molar-refractivity contribution in [3.63, 3.8) is 0 Å². The van der Waals surface area contributed by atoms with Crippen LogP contribution in [0.2, 0.25) is 0 Å². The van der Waals surface area contributed by atoms with Crippen LogP contribution in [0.5, 0.6) is 0 Å². The fourth-order valence-corrected chi connectivity index (χ4v) is 2.89. The van der Waals surface area contributed by atoms with Gasteiger partial charge in [0.05, 0.1) is 6.54 Å². The molecule has 0 aliphatic carbocycles. The molecule has 3 heterocycles. The SMILES string of the molecule is Cn1ccnc1C(O)C1CCN(Cc2n[nH]c(=O)[nH]2)CC1. The van der Waals surface area contributed by atoms with E-state index in [0.29, 0.717) is 12.4 Å². The van der Waals surface area contributed by atoms with Gasteiger partial charge in [0.1, 0.15) is 17.8 Å². The number of aromatic nitrogens is 5. The lowest BCUT2D eigenvalue weighted by atomic mass is 9.90. The lowest BCUT2D eigenvalue weighted by Crippen LogP contribution is -2.36. The summed E-state index contributed by atoms with van der Waals surface area (Å²) >= 11 is 0. The maximum atomic E-state index is 11.0. The zero-order valence-electron chi connectivity index (χ0n) is 12.0. The van der Waals surface area contributed by atoms with Crippen molar-refractivity contribution >= 4 is 0 Å². The van der Waals surface area contributed by atoms with Crippen LogP contribution in [0, 0.1) is 5.92 Å². The van der Waals surface area contributed by atoms with Crippen LogP contribution >= 0.6 is 0 Å². The molecule has 8 nitrogen and oxygen atoms in total.